The highest BCUT2D eigenvalue weighted by Crippen LogP contribution is 2.42. The molecule has 0 bridgehead atoms. The van der Waals surface area contributed by atoms with Gasteiger partial charge in [-0.15, -0.1) is 0 Å². The number of amides is 3. The van der Waals surface area contributed by atoms with Crippen molar-refractivity contribution in [2.45, 2.75) is 57.9 Å². The molecule has 0 aromatic heterocycles. The third-order valence-corrected chi connectivity index (χ3v) is 7.16. The summed E-state index contributed by atoms with van der Waals surface area (Å²) in [7, 11) is 0. The Kier molecular flexibility index (Phi) is 8.65. The number of hydroxylamine groups is 2. The van der Waals surface area contributed by atoms with E-state index in [1.165, 1.54) is 9.96 Å². The Bertz CT molecular complexity index is 1020. The summed E-state index contributed by atoms with van der Waals surface area (Å²) < 4.78 is 10.9. The predicted molar refractivity (Wildman–Crippen MR) is 131 cm³/mol. The Balaban J connectivity index is 1.59. The summed E-state index contributed by atoms with van der Waals surface area (Å²) in [5.74, 6) is -1.84. The molecule has 3 aliphatic heterocycles. The van der Waals surface area contributed by atoms with Crippen LogP contribution < -0.4 is 9.47 Å². The molecular formula is C26H35N3O8. The second kappa shape index (κ2) is 11.9. The molecule has 0 aliphatic carbocycles. The van der Waals surface area contributed by atoms with E-state index in [0.717, 1.165) is 18.4 Å². The first-order valence-corrected chi connectivity index (χ1v) is 13.0. The van der Waals surface area contributed by atoms with Gasteiger partial charge in [0.1, 0.15) is 0 Å². The first-order valence-electron chi connectivity index (χ1n) is 13.0. The summed E-state index contributed by atoms with van der Waals surface area (Å²) in [6.07, 6.45) is 2.08. The van der Waals surface area contributed by atoms with Crippen molar-refractivity contribution in [1.82, 2.24) is 14.9 Å². The number of hydrogen-bond donors (Lipinski definition) is 1. The molecule has 0 saturated carbocycles. The fraction of sp³-hybridized carbons (Fsp3) is 0.615. The van der Waals surface area contributed by atoms with Crippen LogP contribution in [-0.4, -0.2) is 89.3 Å². The van der Waals surface area contributed by atoms with E-state index in [1.54, 1.807) is 12.1 Å². The van der Waals surface area contributed by atoms with Gasteiger partial charge >= 0.3 is 5.97 Å². The normalized spacial score (nSPS) is 23.2. The molecule has 1 N–H and O–H groups in total. The molecule has 1 aromatic rings. The van der Waals surface area contributed by atoms with E-state index in [-0.39, 0.29) is 56.9 Å². The lowest BCUT2D eigenvalue weighted by atomic mass is 9.84. The van der Waals surface area contributed by atoms with Crippen molar-refractivity contribution >= 4 is 23.7 Å². The fourth-order valence-electron chi connectivity index (χ4n) is 5.39. The van der Waals surface area contributed by atoms with Gasteiger partial charge in [0.2, 0.25) is 18.6 Å². The third kappa shape index (κ3) is 5.88. The number of benzene rings is 1. The molecule has 1 aromatic carbocycles. The smallest absolute Gasteiger partial charge is 0.308 e. The maximum Gasteiger partial charge on any atom is 0.308 e. The van der Waals surface area contributed by atoms with Gasteiger partial charge in [0.25, 0.3) is 5.91 Å². The zero-order valence-electron chi connectivity index (χ0n) is 21.4. The largest absolute Gasteiger partial charge is 0.481 e. The SMILES string of the molecule is CCCON(CCC)C(=O)CN1CC(c2ccc3c(c2)OCO3)C(C(=O)O)C1CCN1C(=O)CCC1=O. The van der Waals surface area contributed by atoms with E-state index in [1.807, 2.05) is 24.8 Å². The molecule has 37 heavy (non-hydrogen) atoms. The summed E-state index contributed by atoms with van der Waals surface area (Å²) in [4.78, 5) is 59.0. The lowest BCUT2D eigenvalue weighted by Gasteiger charge is -2.30. The number of carboxylic acid groups (broad SMARTS) is 1. The van der Waals surface area contributed by atoms with Crippen LogP contribution in [0.15, 0.2) is 18.2 Å². The number of hydrogen-bond acceptors (Lipinski definition) is 8. The van der Waals surface area contributed by atoms with Crippen LogP contribution in [0.5, 0.6) is 11.5 Å². The van der Waals surface area contributed by atoms with E-state index in [2.05, 4.69) is 0 Å². The van der Waals surface area contributed by atoms with Gasteiger partial charge in [-0.3, -0.25) is 33.8 Å². The number of fused-ring (bicyclic) bond motifs is 1. The van der Waals surface area contributed by atoms with E-state index < -0.39 is 23.8 Å². The zero-order chi connectivity index (χ0) is 26.5. The number of rotatable bonds is 12. The van der Waals surface area contributed by atoms with Crippen molar-refractivity contribution in [2.75, 3.05) is 39.6 Å². The number of carbonyl (C=O) groups is 4. The molecule has 3 heterocycles. The number of carboxylic acids is 1. The second-order valence-corrected chi connectivity index (χ2v) is 9.64. The van der Waals surface area contributed by atoms with Crippen molar-refractivity contribution in [3.8, 4) is 11.5 Å². The number of ether oxygens (including phenoxy) is 2. The van der Waals surface area contributed by atoms with Gasteiger partial charge in [-0.1, -0.05) is 19.9 Å². The minimum absolute atomic E-state index is 0.0267. The highest BCUT2D eigenvalue weighted by Gasteiger charge is 2.48. The first kappa shape index (κ1) is 26.9. The van der Waals surface area contributed by atoms with Crippen LogP contribution in [0, 0.1) is 5.92 Å². The van der Waals surface area contributed by atoms with Crippen LogP contribution in [0.1, 0.15) is 57.4 Å². The lowest BCUT2D eigenvalue weighted by Crippen LogP contribution is -2.45. The molecule has 11 heteroatoms. The topological polar surface area (TPSA) is 126 Å². The van der Waals surface area contributed by atoms with Gasteiger partial charge in [-0.25, -0.2) is 5.06 Å². The molecule has 3 unspecified atom stereocenters. The van der Waals surface area contributed by atoms with Crippen molar-refractivity contribution in [2.24, 2.45) is 5.92 Å². The van der Waals surface area contributed by atoms with Gasteiger partial charge < -0.3 is 14.6 Å². The van der Waals surface area contributed by atoms with Crippen LogP contribution in [-0.2, 0) is 24.0 Å². The van der Waals surface area contributed by atoms with E-state index in [0.29, 0.717) is 31.2 Å². The predicted octanol–water partition coefficient (Wildman–Crippen LogP) is 2.00. The van der Waals surface area contributed by atoms with E-state index in [9.17, 15) is 24.3 Å². The van der Waals surface area contributed by atoms with Gasteiger partial charge in [0.05, 0.1) is 19.1 Å². The van der Waals surface area contributed by atoms with Gasteiger partial charge in [-0.05, 0) is 37.0 Å². The van der Waals surface area contributed by atoms with Gasteiger partial charge in [0, 0.05) is 44.4 Å². The molecule has 2 saturated heterocycles. The number of aliphatic carboxylic acids is 1. The minimum Gasteiger partial charge on any atom is -0.481 e. The van der Waals surface area contributed by atoms with Crippen molar-refractivity contribution in [1.29, 1.82) is 0 Å². The molecule has 11 nitrogen and oxygen atoms in total. The highest BCUT2D eigenvalue weighted by atomic mass is 16.7. The average Bonchev–Trinajstić information content (AvgIpc) is 3.57. The standard InChI is InChI=1S/C26H35N3O8/c1-3-10-29(37-12-4-2)24(32)15-27-14-18(17-5-6-20-21(13-17)36-16-35-20)25(26(33)34)19(27)9-11-28-22(30)7-8-23(28)31/h5-6,13,18-19,25H,3-4,7-12,14-16H2,1-2H3,(H,33,34). The first-order chi connectivity index (χ1) is 17.8. The molecule has 2 fully saturated rings. The maximum absolute atomic E-state index is 13.2. The van der Waals surface area contributed by atoms with Crippen LogP contribution in [0.2, 0.25) is 0 Å². The monoisotopic (exact) mass is 517 g/mol. The van der Waals surface area contributed by atoms with Gasteiger partial charge in [-0.2, -0.15) is 0 Å². The fourth-order valence-corrected chi connectivity index (χ4v) is 5.39. The minimum atomic E-state index is -0.991. The van der Waals surface area contributed by atoms with Crippen molar-refractivity contribution in [3.05, 3.63) is 23.8 Å². The molecule has 3 atom stereocenters. The Hall–Kier alpha value is -3.18. The maximum atomic E-state index is 13.2. The summed E-state index contributed by atoms with van der Waals surface area (Å²) in [5, 5.41) is 11.7. The average molecular weight is 518 g/mol. The Morgan fingerprint density at radius 3 is 2.51 bits per heavy atom. The van der Waals surface area contributed by atoms with Gasteiger partial charge in [0.15, 0.2) is 11.5 Å². The number of carbonyl (C=O) groups excluding carboxylic acids is 3. The summed E-state index contributed by atoms with van der Waals surface area (Å²) in [5.41, 5.74) is 0.776. The molecule has 202 valence electrons. The van der Waals surface area contributed by atoms with Crippen molar-refractivity contribution < 1.29 is 38.6 Å². The Morgan fingerprint density at radius 2 is 1.84 bits per heavy atom. The number of nitrogens with zero attached hydrogens (tertiary/aromatic N) is 3. The van der Waals surface area contributed by atoms with Crippen LogP contribution >= 0.6 is 0 Å². The van der Waals surface area contributed by atoms with E-state index >= 15 is 0 Å². The van der Waals surface area contributed by atoms with Crippen LogP contribution in [0.3, 0.4) is 0 Å². The molecule has 3 amide bonds. The second-order valence-electron chi connectivity index (χ2n) is 9.64. The highest BCUT2D eigenvalue weighted by molar-refractivity contribution is 6.01. The van der Waals surface area contributed by atoms with Crippen molar-refractivity contribution in [3.63, 3.8) is 0 Å². The molecule has 0 radical (unpaired) electrons. The molecule has 4 rings (SSSR count). The van der Waals surface area contributed by atoms with E-state index in [4.69, 9.17) is 14.3 Å². The van der Waals surface area contributed by atoms with Crippen LogP contribution in [0.25, 0.3) is 0 Å². The summed E-state index contributed by atoms with van der Waals surface area (Å²) in [6.45, 7) is 5.28. The lowest BCUT2D eigenvalue weighted by molar-refractivity contribution is -0.188. The molecule has 3 aliphatic rings. The Morgan fingerprint density at radius 1 is 1.11 bits per heavy atom. The number of likely N-dealkylation sites (tertiary alicyclic amines) is 2. The van der Waals surface area contributed by atoms with Crippen LogP contribution in [0.4, 0.5) is 0 Å². The summed E-state index contributed by atoms with van der Waals surface area (Å²) >= 11 is 0. The number of imide groups is 1. The molecule has 0 spiro atoms. The third-order valence-electron chi connectivity index (χ3n) is 7.16. The summed E-state index contributed by atoms with van der Waals surface area (Å²) in [6, 6.07) is 4.83. The zero-order valence-corrected chi connectivity index (χ0v) is 21.4. The quantitative estimate of drug-likeness (QED) is 0.327. The molecular weight excluding hydrogens is 482 g/mol. The Labute approximate surface area is 216 Å².